The molecule has 0 aromatic heterocycles. The van der Waals surface area contributed by atoms with Crippen LogP contribution in [0.25, 0.3) is 0 Å². The summed E-state index contributed by atoms with van der Waals surface area (Å²) in [4.78, 5) is 11.8. The second kappa shape index (κ2) is 7.89. The van der Waals surface area contributed by atoms with E-state index in [1.54, 1.807) is 0 Å². The lowest BCUT2D eigenvalue weighted by Gasteiger charge is -2.09. The summed E-state index contributed by atoms with van der Waals surface area (Å²) in [7, 11) is 0. The first-order valence-electron chi connectivity index (χ1n) is 5.31. The highest BCUT2D eigenvalue weighted by atomic mass is 127. The number of carbonyl (C=O) groups excluding carboxylic acids is 1. The van der Waals surface area contributed by atoms with Crippen molar-refractivity contribution in [2.75, 3.05) is 6.54 Å². The zero-order chi connectivity index (χ0) is 12.1. The van der Waals surface area contributed by atoms with E-state index in [0.29, 0.717) is 6.54 Å². The Bertz CT molecular complexity index is 383. The maximum atomic E-state index is 11.8. The van der Waals surface area contributed by atoms with Crippen LogP contribution in [0.5, 0.6) is 0 Å². The van der Waals surface area contributed by atoms with Gasteiger partial charge in [0.2, 0.25) is 0 Å². The van der Waals surface area contributed by atoms with Gasteiger partial charge in [0.05, 0.1) is 0 Å². The topological polar surface area (TPSA) is 55.1 Å². The molecule has 1 unspecified atom stereocenters. The smallest absolute Gasteiger partial charge is 0.251 e. The molecule has 5 heteroatoms. The maximum Gasteiger partial charge on any atom is 0.251 e. The van der Waals surface area contributed by atoms with Gasteiger partial charge < -0.3 is 11.1 Å². The molecule has 0 bridgehead atoms. The molecule has 3 nitrogen and oxygen atoms in total. The lowest BCUT2D eigenvalue weighted by atomic mass is 10.1. The average molecular weight is 369 g/mol. The van der Waals surface area contributed by atoms with Gasteiger partial charge >= 0.3 is 0 Å². The van der Waals surface area contributed by atoms with Crippen molar-refractivity contribution in [3.8, 4) is 0 Å². The number of benzene rings is 1. The largest absolute Gasteiger partial charge is 0.352 e. The maximum absolute atomic E-state index is 11.8. The highest BCUT2D eigenvalue weighted by molar-refractivity contribution is 14.1. The summed E-state index contributed by atoms with van der Waals surface area (Å²) in [5, 5.41) is 2.88. The zero-order valence-corrected chi connectivity index (χ0v) is 13.0. The van der Waals surface area contributed by atoms with Crippen LogP contribution in [0.1, 0.15) is 29.3 Å². The van der Waals surface area contributed by atoms with Crippen molar-refractivity contribution in [3.63, 3.8) is 0 Å². The van der Waals surface area contributed by atoms with Crippen molar-refractivity contribution in [1.82, 2.24) is 5.32 Å². The Labute approximate surface area is 122 Å². The van der Waals surface area contributed by atoms with Gasteiger partial charge in [0.15, 0.2) is 0 Å². The third kappa shape index (κ3) is 5.23. The third-order valence-electron chi connectivity index (χ3n) is 2.40. The number of hydrogen-bond acceptors (Lipinski definition) is 2. The molecule has 0 aliphatic carbocycles. The van der Waals surface area contributed by atoms with E-state index in [1.165, 1.54) is 0 Å². The van der Waals surface area contributed by atoms with Crippen LogP contribution in [-0.4, -0.2) is 18.5 Å². The molecule has 1 amide bonds. The quantitative estimate of drug-likeness (QED) is 0.802. The molecule has 1 aromatic rings. The molecule has 0 radical (unpaired) electrons. The van der Waals surface area contributed by atoms with Crippen LogP contribution < -0.4 is 11.1 Å². The van der Waals surface area contributed by atoms with Crippen molar-refractivity contribution in [1.29, 1.82) is 0 Å². The van der Waals surface area contributed by atoms with E-state index >= 15 is 0 Å². The fourth-order valence-corrected chi connectivity index (χ4v) is 1.86. The summed E-state index contributed by atoms with van der Waals surface area (Å²) >= 11 is 2.23. The number of hydrogen-bond donors (Lipinski definition) is 2. The Morgan fingerprint density at radius 3 is 2.76 bits per heavy atom. The van der Waals surface area contributed by atoms with E-state index < -0.39 is 0 Å². The minimum Gasteiger partial charge on any atom is -0.352 e. The summed E-state index contributed by atoms with van der Waals surface area (Å²) in [6, 6.07) is 5.86. The highest BCUT2D eigenvalue weighted by Crippen LogP contribution is 2.15. The average Bonchev–Trinajstić information content (AvgIpc) is 2.21. The molecule has 0 heterocycles. The van der Waals surface area contributed by atoms with Crippen LogP contribution in [0.2, 0.25) is 0 Å². The van der Waals surface area contributed by atoms with Gasteiger partial charge in [-0.15, -0.1) is 12.4 Å². The van der Waals surface area contributed by atoms with E-state index in [9.17, 15) is 4.79 Å². The van der Waals surface area contributed by atoms with Crippen molar-refractivity contribution in [3.05, 3.63) is 32.9 Å². The van der Waals surface area contributed by atoms with Crippen molar-refractivity contribution in [2.24, 2.45) is 5.73 Å². The Kier molecular flexibility index (Phi) is 7.74. The number of amides is 1. The summed E-state index contributed by atoms with van der Waals surface area (Å²) in [5.74, 6) is -0.0170. The highest BCUT2D eigenvalue weighted by Gasteiger charge is 2.09. The van der Waals surface area contributed by atoms with Crippen LogP contribution in [0.4, 0.5) is 0 Å². The van der Waals surface area contributed by atoms with Crippen LogP contribution in [-0.2, 0) is 0 Å². The standard InChI is InChI=1S/C12H17IN2O.ClH/c1-8(14)6-7-15-12(16)10-4-3-5-11(13)9(10)2;/h3-5,8H,6-7,14H2,1-2H3,(H,15,16);1H. The van der Waals surface area contributed by atoms with Gasteiger partial charge in [-0.3, -0.25) is 4.79 Å². The molecule has 0 saturated carbocycles. The molecule has 3 N–H and O–H groups in total. The third-order valence-corrected chi connectivity index (χ3v) is 3.57. The molecule has 0 aliphatic heterocycles. The predicted octanol–water partition coefficient (Wildman–Crippen LogP) is 2.49. The molecule has 1 rings (SSSR count). The van der Waals surface area contributed by atoms with E-state index in [0.717, 1.165) is 21.1 Å². The zero-order valence-electron chi connectivity index (χ0n) is 10.00. The van der Waals surface area contributed by atoms with Gasteiger partial charge in [-0.05, 0) is 60.6 Å². The number of rotatable bonds is 4. The minimum atomic E-state index is -0.0170. The van der Waals surface area contributed by atoms with Crippen molar-refractivity contribution >= 4 is 40.9 Å². The van der Waals surface area contributed by atoms with Gasteiger partial charge in [0.1, 0.15) is 0 Å². The van der Waals surface area contributed by atoms with Crippen LogP contribution in [0.3, 0.4) is 0 Å². The first kappa shape index (κ1) is 16.7. The first-order valence-corrected chi connectivity index (χ1v) is 6.39. The van der Waals surface area contributed by atoms with Gasteiger partial charge in [-0.2, -0.15) is 0 Å². The minimum absolute atomic E-state index is 0. The summed E-state index contributed by atoms with van der Waals surface area (Å²) < 4.78 is 1.11. The Morgan fingerprint density at radius 1 is 1.53 bits per heavy atom. The molecular weight excluding hydrogens is 351 g/mol. The molecule has 96 valence electrons. The van der Waals surface area contributed by atoms with Gasteiger partial charge in [0, 0.05) is 21.7 Å². The van der Waals surface area contributed by atoms with Crippen molar-refractivity contribution in [2.45, 2.75) is 26.3 Å². The first-order chi connectivity index (χ1) is 7.52. The van der Waals surface area contributed by atoms with Crippen LogP contribution in [0.15, 0.2) is 18.2 Å². The van der Waals surface area contributed by atoms with E-state index in [-0.39, 0.29) is 24.4 Å². The van der Waals surface area contributed by atoms with E-state index in [1.807, 2.05) is 32.0 Å². The van der Waals surface area contributed by atoms with Gasteiger partial charge in [-0.1, -0.05) is 6.07 Å². The number of nitrogens with two attached hydrogens (primary N) is 1. The lowest BCUT2D eigenvalue weighted by Crippen LogP contribution is -2.29. The number of carbonyl (C=O) groups is 1. The van der Waals surface area contributed by atoms with Crippen molar-refractivity contribution < 1.29 is 4.79 Å². The monoisotopic (exact) mass is 368 g/mol. The SMILES string of the molecule is Cc1c(I)cccc1C(=O)NCCC(C)N.Cl. The van der Waals surface area contributed by atoms with Crippen LogP contribution in [0, 0.1) is 10.5 Å². The fraction of sp³-hybridized carbons (Fsp3) is 0.417. The molecule has 0 fully saturated rings. The second-order valence-electron chi connectivity index (χ2n) is 3.93. The summed E-state index contributed by atoms with van der Waals surface area (Å²) in [6.45, 7) is 4.52. The van der Waals surface area contributed by atoms with Gasteiger partial charge in [-0.25, -0.2) is 0 Å². The predicted molar refractivity (Wildman–Crippen MR) is 81.7 cm³/mol. The molecule has 0 saturated heterocycles. The summed E-state index contributed by atoms with van der Waals surface area (Å²) in [6.07, 6.45) is 0.800. The normalized spacial score (nSPS) is 11.5. The molecule has 1 aromatic carbocycles. The fourth-order valence-electron chi connectivity index (χ4n) is 1.36. The van der Waals surface area contributed by atoms with Crippen LogP contribution >= 0.6 is 35.0 Å². The second-order valence-corrected chi connectivity index (χ2v) is 5.10. The lowest BCUT2D eigenvalue weighted by molar-refractivity contribution is 0.0952. The molecule has 17 heavy (non-hydrogen) atoms. The molecular formula is C12H18ClIN2O. The molecule has 0 spiro atoms. The molecule has 1 atom stereocenters. The number of halogens is 2. The Hall–Kier alpha value is -0.330. The molecule has 0 aliphatic rings. The summed E-state index contributed by atoms with van der Waals surface area (Å²) in [5.41, 5.74) is 7.39. The van der Waals surface area contributed by atoms with Gasteiger partial charge in [0.25, 0.3) is 5.91 Å². The Morgan fingerprint density at radius 2 is 2.18 bits per heavy atom. The number of nitrogens with one attached hydrogen (secondary N) is 1. The van der Waals surface area contributed by atoms with E-state index in [4.69, 9.17) is 5.73 Å². The Balaban J connectivity index is 0.00000256. The van der Waals surface area contributed by atoms with E-state index in [2.05, 4.69) is 27.9 Å².